The SMILES string of the molecule is O=C(O)C1CCCCN1Cc1cc(F)ccc1Cl. The van der Waals surface area contributed by atoms with E-state index < -0.39 is 12.0 Å². The van der Waals surface area contributed by atoms with Crippen molar-refractivity contribution in [2.75, 3.05) is 6.54 Å². The molecular weight excluding hydrogens is 257 g/mol. The van der Waals surface area contributed by atoms with Crippen LogP contribution in [0.15, 0.2) is 18.2 Å². The number of hydrogen-bond acceptors (Lipinski definition) is 2. The number of piperidine rings is 1. The molecule has 3 nitrogen and oxygen atoms in total. The predicted octanol–water partition coefficient (Wildman–Crippen LogP) is 2.92. The predicted molar refractivity (Wildman–Crippen MR) is 67.1 cm³/mol. The molecular formula is C13H15ClFNO2. The van der Waals surface area contributed by atoms with Gasteiger partial charge in [-0.25, -0.2) is 4.39 Å². The first-order valence-electron chi connectivity index (χ1n) is 5.98. The highest BCUT2D eigenvalue weighted by molar-refractivity contribution is 6.31. The molecule has 1 heterocycles. The number of hydrogen-bond donors (Lipinski definition) is 1. The highest BCUT2D eigenvalue weighted by Gasteiger charge is 2.28. The van der Waals surface area contributed by atoms with Gasteiger partial charge in [0.05, 0.1) is 0 Å². The number of benzene rings is 1. The van der Waals surface area contributed by atoms with E-state index in [-0.39, 0.29) is 5.82 Å². The molecule has 1 N–H and O–H groups in total. The van der Waals surface area contributed by atoms with Crippen LogP contribution in [0.1, 0.15) is 24.8 Å². The molecule has 0 radical (unpaired) electrons. The molecule has 5 heteroatoms. The largest absolute Gasteiger partial charge is 0.480 e. The van der Waals surface area contributed by atoms with Crippen molar-refractivity contribution >= 4 is 17.6 Å². The van der Waals surface area contributed by atoms with E-state index in [1.165, 1.54) is 18.2 Å². The van der Waals surface area contributed by atoms with Crippen molar-refractivity contribution in [2.45, 2.75) is 31.8 Å². The van der Waals surface area contributed by atoms with Gasteiger partial charge in [-0.05, 0) is 43.1 Å². The highest BCUT2D eigenvalue weighted by Crippen LogP contribution is 2.24. The van der Waals surface area contributed by atoms with Crippen LogP contribution in [0.5, 0.6) is 0 Å². The van der Waals surface area contributed by atoms with Crippen LogP contribution in [0.4, 0.5) is 4.39 Å². The van der Waals surface area contributed by atoms with Crippen LogP contribution in [0.2, 0.25) is 5.02 Å². The number of carbonyl (C=O) groups is 1. The molecule has 0 spiro atoms. The summed E-state index contributed by atoms with van der Waals surface area (Å²) in [6.07, 6.45) is 2.53. The van der Waals surface area contributed by atoms with E-state index in [9.17, 15) is 9.18 Å². The molecule has 1 saturated heterocycles. The summed E-state index contributed by atoms with van der Waals surface area (Å²) in [4.78, 5) is 13.0. The summed E-state index contributed by atoms with van der Waals surface area (Å²) < 4.78 is 13.2. The summed E-state index contributed by atoms with van der Waals surface area (Å²) in [7, 11) is 0. The van der Waals surface area contributed by atoms with Crippen molar-refractivity contribution in [1.82, 2.24) is 4.90 Å². The van der Waals surface area contributed by atoms with Crippen molar-refractivity contribution in [3.05, 3.63) is 34.6 Å². The number of carboxylic acids is 1. The molecule has 0 amide bonds. The molecule has 1 aromatic carbocycles. The minimum atomic E-state index is -0.817. The smallest absolute Gasteiger partial charge is 0.320 e. The van der Waals surface area contributed by atoms with Crippen LogP contribution in [-0.2, 0) is 11.3 Å². The minimum absolute atomic E-state index is 0.349. The normalized spacial score (nSPS) is 20.9. The Labute approximate surface area is 110 Å². The topological polar surface area (TPSA) is 40.5 Å². The maximum atomic E-state index is 13.2. The quantitative estimate of drug-likeness (QED) is 0.919. The first-order chi connectivity index (χ1) is 8.58. The van der Waals surface area contributed by atoms with E-state index in [1.54, 1.807) is 0 Å². The highest BCUT2D eigenvalue weighted by atomic mass is 35.5. The van der Waals surface area contributed by atoms with Gasteiger partial charge in [-0.1, -0.05) is 18.0 Å². The van der Waals surface area contributed by atoms with Gasteiger partial charge in [-0.2, -0.15) is 0 Å². The van der Waals surface area contributed by atoms with E-state index in [1.807, 2.05) is 4.90 Å². The maximum absolute atomic E-state index is 13.2. The van der Waals surface area contributed by atoms with Crippen LogP contribution in [0.3, 0.4) is 0 Å². The second-order valence-corrected chi connectivity index (χ2v) is 4.96. The molecule has 1 aliphatic heterocycles. The molecule has 0 aromatic heterocycles. The molecule has 1 aliphatic rings. The van der Waals surface area contributed by atoms with Gasteiger partial charge in [0.1, 0.15) is 11.9 Å². The first-order valence-corrected chi connectivity index (χ1v) is 6.36. The molecule has 18 heavy (non-hydrogen) atoms. The van der Waals surface area contributed by atoms with Gasteiger partial charge in [0.2, 0.25) is 0 Å². The average Bonchev–Trinajstić information content (AvgIpc) is 2.34. The fourth-order valence-corrected chi connectivity index (χ4v) is 2.52. The number of likely N-dealkylation sites (tertiary alicyclic amines) is 1. The zero-order valence-corrected chi connectivity index (χ0v) is 10.7. The summed E-state index contributed by atoms with van der Waals surface area (Å²) in [5.41, 5.74) is 0.643. The molecule has 98 valence electrons. The molecule has 0 bridgehead atoms. The number of aliphatic carboxylic acids is 1. The molecule has 1 atom stereocenters. The van der Waals surface area contributed by atoms with Gasteiger partial charge in [-0.15, -0.1) is 0 Å². The Bertz CT molecular complexity index is 453. The maximum Gasteiger partial charge on any atom is 0.320 e. The Morgan fingerprint density at radius 1 is 1.50 bits per heavy atom. The molecule has 0 aliphatic carbocycles. The molecule has 0 saturated carbocycles. The summed E-state index contributed by atoms with van der Waals surface area (Å²) in [6, 6.07) is 3.69. The van der Waals surface area contributed by atoms with E-state index in [2.05, 4.69) is 0 Å². The lowest BCUT2D eigenvalue weighted by Crippen LogP contribution is -2.44. The van der Waals surface area contributed by atoms with Crippen molar-refractivity contribution in [2.24, 2.45) is 0 Å². The third-order valence-corrected chi connectivity index (χ3v) is 3.65. The number of halogens is 2. The molecule has 1 aromatic rings. The third-order valence-electron chi connectivity index (χ3n) is 3.28. The van der Waals surface area contributed by atoms with Gasteiger partial charge < -0.3 is 5.11 Å². The Balaban J connectivity index is 2.15. The lowest BCUT2D eigenvalue weighted by Gasteiger charge is -2.33. The zero-order valence-electron chi connectivity index (χ0n) is 9.90. The average molecular weight is 272 g/mol. The van der Waals surface area contributed by atoms with Crippen LogP contribution < -0.4 is 0 Å². The zero-order chi connectivity index (χ0) is 13.1. The van der Waals surface area contributed by atoms with Crippen LogP contribution in [0.25, 0.3) is 0 Å². The fourth-order valence-electron chi connectivity index (χ4n) is 2.34. The Hall–Kier alpha value is -1.13. The van der Waals surface area contributed by atoms with Crippen molar-refractivity contribution in [1.29, 1.82) is 0 Å². The summed E-state index contributed by atoms with van der Waals surface area (Å²) in [5, 5.41) is 9.64. The van der Waals surface area contributed by atoms with E-state index in [0.29, 0.717) is 30.1 Å². The number of nitrogens with zero attached hydrogens (tertiary/aromatic N) is 1. The Morgan fingerprint density at radius 3 is 3.00 bits per heavy atom. The second-order valence-electron chi connectivity index (χ2n) is 4.56. The molecule has 1 fully saturated rings. The van der Waals surface area contributed by atoms with E-state index >= 15 is 0 Å². The van der Waals surface area contributed by atoms with Gasteiger partial charge in [0.25, 0.3) is 0 Å². The van der Waals surface area contributed by atoms with Gasteiger partial charge in [0.15, 0.2) is 0 Å². The van der Waals surface area contributed by atoms with Crippen molar-refractivity contribution in [3.63, 3.8) is 0 Å². The monoisotopic (exact) mass is 271 g/mol. The Kier molecular flexibility index (Phi) is 4.19. The van der Waals surface area contributed by atoms with Crippen LogP contribution in [0, 0.1) is 5.82 Å². The van der Waals surface area contributed by atoms with Crippen LogP contribution >= 0.6 is 11.6 Å². The second kappa shape index (κ2) is 5.67. The first kappa shape index (κ1) is 13.3. The van der Waals surface area contributed by atoms with E-state index in [0.717, 1.165) is 12.8 Å². The standard InChI is InChI=1S/C13H15ClFNO2/c14-11-5-4-10(15)7-9(11)8-16-6-2-1-3-12(16)13(17)18/h4-5,7,12H,1-3,6,8H2,(H,17,18). The van der Waals surface area contributed by atoms with E-state index in [4.69, 9.17) is 16.7 Å². The lowest BCUT2D eigenvalue weighted by molar-refractivity contribution is -0.144. The van der Waals surface area contributed by atoms with Crippen molar-refractivity contribution in [3.8, 4) is 0 Å². The minimum Gasteiger partial charge on any atom is -0.480 e. The third kappa shape index (κ3) is 3.00. The van der Waals surface area contributed by atoms with Gasteiger partial charge in [0, 0.05) is 11.6 Å². The fraction of sp³-hybridized carbons (Fsp3) is 0.462. The number of carboxylic acid groups (broad SMARTS) is 1. The van der Waals surface area contributed by atoms with Gasteiger partial charge >= 0.3 is 5.97 Å². The van der Waals surface area contributed by atoms with Crippen LogP contribution in [-0.4, -0.2) is 28.6 Å². The summed E-state index contributed by atoms with van der Waals surface area (Å²) in [5.74, 6) is -1.17. The van der Waals surface area contributed by atoms with Crippen molar-refractivity contribution < 1.29 is 14.3 Å². The molecule has 1 unspecified atom stereocenters. The Morgan fingerprint density at radius 2 is 2.28 bits per heavy atom. The molecule has 2 rings (SSSR count). The van der Waals surface area contributed by atoms with Gasteiger partial charge in [-0.3, -0.25) is 9.69 Å². The summed E-state index contributed by atoms with van der Waals surface area (Å²) in [6.45, 7) is 1.09. The summed E-state index contributed by atoms with van der Waals surface area (Å²) >= 11 is 6.00. The number of rotatable bonds is 3. The lowest BCUT2D eigenvalue weighted by atomic mass is 10.0.